The van der Waals surface area contributed by atoms with Crippen molar-refractivity contribution in [2.24, 2.45) is 0 Å². The van der Waals surface area contributed by atoms with E-state index in [9.17, 15) is 13.2 Å². The number of nitrogens with one attached hydrogen (secondary N) is 2. The molecule has 0 aromatic heterocycles. The van der Waals surface area contributed by atoms with Crippen LogP contribution in [0.25, 0.3) is 0 Å². The molecule has 3 rings (SSSR count). The minimum atomic E-state index is -3.84. The van der Waals surface area contributed by atoms with Gasteiger partial charge < -0.3 is 19.7 Å². The van der Waals surface area contributed by atoms with Crippen molar-refractivity contribution in [1.82, 2.24) is 5.32 Å². The lowest BCUT2D eigenvalue weighted by Gasteiger charge is -2.28. The molecule has 8 nitrogen and oxygen atoms in total. The highest BCUT2D eigenvalue weighted by atomic mass is 32.2. The van der Waals surface area contributed by atoms with Gasteiger partial charge in [0.25, 0.3) is 0 Å². The number of benzene rings is 2. The summed E-state index contributed by atoms with van der Waals surface area (Å²) in [6.45, 7) is 3.81. The normalized spacial score (nSPS) is 15.0. The zero-order valence-electron chi connectivity index (χ0n) is 18.8. The maximum absolute atomic E-state index is 12.5. The monoisotopic (exact) mass is 461 g/mol. The van der Waals surface area contributed by atoms with E-state index < -0.39 is 27.7 Å². The Hall–Kier alpha value is -2.94. The second-order valence-corrected chi connectivity index (χ2v) is 9.58. The first-order chi connectivity index (χ1) is 15.3. The summed E-state index contributed by atoms with van der Waals surface area (Å²) in [5, 5.41) is 2.72. The first-order valence-electron chi connectivity index (χ1n) is 10.7. The summed E-state index contributed by atoms with van der Waals surface area (Å²) in [4.78, 5) is 14.7. The fourth-order valence-corrected chi connectivity index (χ4v) is 4.77. The minimum absolute atomic E-state index is 0.402. The van der Waals surface area contributed by atoms with Crippen molar-refractivity contribution in [2.45, 2.75) is 32.2 Å². The highest BCUT2D eigenvalue weighted by Crippen LogP contribution is 2.30. The van der Waals surface area contributed by atoms with Crippen molar-refractivity contribution >= 4 is 27.3 Å². The van der Waals surface area contributed by atoms with Gasteiger partial charge in [-0.3, -0.25) is 9.52 Å². The molecule has 1 amide bonds. The van der Waals surface area contributed by atoms with E-state index in [1.807, 2.05) is 12.1 Å². The summed E-state index contributed by atoms with van der Waals surface area (Å²) >= 11 is 0. The molecule has 0 bridgehead atoms. The number of anilines is 2. The Bertz CT molecular complexity index is 1020. The van der Waals surface area contributed by atoms with E-state index in [1.165, 1.54) is 26.4 Å². The van der Waals surface area contributed by atoms with Crippen molar-refractivity contribution in [3.8, 4) is 11.5 Å². The predicted molar refractivity (Wildman–Crippen MR) is 126 cm³/mol. The maximum Gasteiger partial charge on any atom is 0.241 e. The van der Waals surface area contributed by atoms with Crippen molar-refractivity contribution in [2.75, 3.05) is 42.7 Å². The van der Waals surface area contributed by atoms with Gasteiger partial charge in [-0.15, -0.1) is 0 Å². The van der Waals surface area contributed by atoms with Gasteiger partial charge in [-0.2, -0.15) is 0 Å². The van der Waals surface area contributed by atoms with Crippen LogP contribution in [0.1, 0.15) is 37.8 Å². The van der Waals surface area contributed by atoms with Crippen LogP contribution in [0.3, 0.4) is 0 Å². The number of carbonyl (C=O) groups excluding carboxylic acids is 1. The maximum atomic E-state index is 12.5. The number of carbonyl (C=O) groups is 1. The van der Waals surface area contributed by atoms with Crippen LogP contribution in [0.5, 0.6) is 11.5 Å². The molecule has 32 heavy (non-hydrogen) atoms. The smallest absolute Gasteiger partial charge is 0.241 e. The molecular weight excluding hydrogens is 430 g/mol. The molecule has 0 spiro atoms. The van der Waals surface area contributed by atoms with Crippen LogP contribution in [0, 0.1) is 0 Å². The molecule has 1 aliphatic heterocycles. The second-order valence-electron chi connectivity index (χ2n) is 7.86. The molecule has 1 fully saturated rings. The molecule has 9 heteroatoms. The zero-order chi connectivity index (χ0) is 23.1. The van der Waals surface area contributed by atoms with Gasteiger partial charge in [0, 0.05) is 24.5 Å². The third kappa shape index (κ3) is 6.29. The predicted octanol–water partition coefficient (Wildman–Crippen LogP) is 3.31. The highest BCUT2D eigenvalue weighted by molar-refractivity contribution is 7.93. The van der Waals surface area contributed by atoms with E-state index in [0.717, 1.165) is 24.3 Å². The second kappa shape index (κ2) is 10.6. The minimum Gasteiger partial charge on any atom is -0.493 e. The van der Waals surface area contributed by atoms with E-state index in [0.29, 0.717) is 17.2 Å². The van der Waals surface area contributed by atoms with Gasteiger partial charge >= 0.3 is 0 Å². The number of piperidine rings is 1. The van der Waals surface area contributed by atoms with Gasteiger partial charge in [0.1, 0.15) is 5.75 Å². The Morgan fingerprint density at radius 1 is 1.00 bits per heavy atom. The van der Waals surface area contributed by atoms with Crippen molar-refractivity contribution < 1.29 is 22.7 Å². The van der Waals surface area contributed by atoms with Gasteiger partial charge in [0.15, 0.2) is 11.5 Å². The lowest BCUT2D eigenvalue weighted by Crippen LogP contribution is -2.34. The number of hydrogen-bond acceptors (Lipinski definition) is 6. The average Bonchev–Trinajstić information content (AvgIpc) is 2.78. The molecule has 1 aliphatic rings. The number of methoxy groups -OCH3 is 2. The van der Waals surface area contributed by atoms with Gasteiger partial charge in [0.05, 0.1) is 20.3 Å². The average molecular weight is 462 g/mol. The molecule has 0 saturated carbocycles. The summed E-state index contributed by atoms with van der Waals surface area (Å²) in [5.74, 6) is -0.149. The third-order valence-corrected chi connectivity index (χ3v) is 6.66. The van der Waals surface area contributed by atoms with Crippen LogP contribution in [0.4, 0.5) is 11.4 Å². The number of amides is 1. The van der Waals surface area contributed by atoms with Crippen LogP contribution in [0.2, 0.25) is 0 Å². The molecule has 2 N–H and O–H groups in total. The van der Waals surface area contributed by atoms with Crippen LogP contribution in [-0.4, -0.2) is 47.4 Å². The number of rotatable bonds is 9. The standard InChI is InChI=1S/C23H31N3O5S/c1-17(18-7-12-21(30-2)22(15-18)31-3)24-23(27)16-32(28,29)25-19-8-10-20(11-9-19)26-13-5-4-6-14-26/h7-12,15,17,25H,4-6,13-14,16H2,1-3H3,(H,24,27). The fraction of sp³-hybridized carbons (Fsp3) is 0.435. The van der Waals surface area contributed by atoms with Gasteiger partial charge in [0.2, 0.25) is 15.9 Å². The Kier molecular flexibility index (Phi) is 7.84. The Balaban J connectivity index is 1.57. The number of ether oxygens (including phenoxy) is 2. The largest absolute Gasteiger partial charge is 0.493 e. The fourth-order valence-electron chi connectivity index (χ4n) is 3.77. The Labute approximate surface area is 190 Å². The summed E-state index contributed by atoms with van der Waals surface area (Å²) in [6, 6.07) is 12.1. The molecule has 2 aromatic carbocycles. The summed E-state index contributed by atoms with van der Waals surface area (Å²) in [6.07, 6.45) is 3.59. The van der Waals surface area contributed by atoms with Crippen molar-refractivity contribution in [3.05, 3.63) is 48.0 Å². The van der Waals surface area contributed by atoms with E-state index in [2.05, 4.69) is 14.9 Å². The van der Waals surface area contributed by atoms with Gasteiger partial charge in [-0.1, -0.05) is 6.07 Å². The van der Waals surface area contributed by atoms with Crippen LogP contribution >= 0.6 is 0 Å². The third-order valence-electron chi connectivity index (χ3n) is 5.47. The topological polar surface area (TPSA) is 97.0 Å². The molecule has 1 unspecified atom stereocenters. The van der Waals surface area contributed by atoms with E-state index in [-0.39, 0.29) is 0 Å². The van der Waals surface area contributed by atoms with Gasteiger partial charge in [-0.25, -0.2) is 8.42 Å². The van der Waals surface area contributed by atoms with Crippen molar-refractivity contribution in [1.29, 1.82) is 0 Å². The summed E-state index contributed by atoms with van der Waals surface area (Å²) < 4.78 is 37.9. The number of nitrogens with zero attached hydrogens (tertiary/aromatic N) is 1. The number of hydrogen-bond donors (Lipinski definition) is 2. The summed E-state index contributed by atoms with van der Waals surface area (Å²) in [7, 11) is -0.770. The SMILES string of the molecule is COc1ccc(C(C)NC(=O)CS(=O)(=O)Nc2ccc(N3CCCCC3)cc2)cc1OC. The molecule has 2 aromatic rings. The Morgan fingerprint density at radius 3 is 2.28 bits per heavy atom. The molecule has 1 heterocycles. The van der Waals surface area contributed by atoms with E-state index in [4.69, 9.17) is 9.47 Å². The Morgan fingerprint density at radius 2 is 1.66 bits per heavy atom. The molecule has 1 atom stereocenters. The highest BCUT2D eigenvalue weighted by Gasteiger charge is 2.20. The lowest BCUT2D eigenvalue weighted by atomic mass is 10.1. The number of sulfonamides is 1. The van der Waals surface area contributed by atoms with E-state index in [1.54, 1.807) is 44.4 Å². The zero-order valence-corrected chi connectivity index (χ0v) is 19.6. The molecule has 1 saturated heterocycles. The van der Waals surface area contributed by atoms with Crippen LogP contribution in [0.15, 0.2) is 42.5 Å². The van der Waals surface area contributed by atoms with Crippen LogP contribution < -0.4 is 24.4 Å². The summed E-state index contributed by atoms with van der Waals surface area (Å²) in [5.41, 5.74) is 2.29. The molecular formula is C23H31N3O5S. The molecule has 0 aliphatic carbocycles. The van der Waals surface area contributed by atoms with E-state index >= 15 is 0 Å². The van der Waals surface area contributed by atoms with Crippen LogP contribution in [-0.2, 0) is 14.8 Å². The molecule has 174 valence electrons. The lowest BCUT2D eigenvalue weighted by molar-refractivity contribution is -0.119. The first kappa shape index (κ1) is 23.7. The quantitative estimate of drug-likeness (QED) is 0.595. The first-order valence-corrected chi connectivity index (χ1v) is 12.3. The van der Waals surface area contributed by atoms with Crippen molar-refractivity contribution in [3.63, 3.8) is 0 Å². The molecule has 0 radical (unpaired) electrons. The van der Waals surface area contributed by atoms with Gasteiger partial charge in [-0.05, 0) is 68.1 Å².